The molecule has 1 atom stereocenters. The van der Waals surface area contributed by atoms with Gasteiger partial charge in [-0.25, -0.2) is 4.68 Å². The van der Waals surface area contributed by atoms with Gasteiger partial charge in [-0.1, -0.05) is 29.8 Å². The van der Waals surface area contributed by atoms with Crippen molar-refractivity contribution in [3.05, 3.63) is 70.5 Å². The Hall–Kier alpha value is -3.45. The van der Waals surface area contributed by atoms with Crippen molar-refractivity contribution >= 4 is 39.9 Å². The number of aryl methyl sites for hydroxylation is 2. The van der Waals surface area contributed by atoms with Gasteiger partial charge in [-0.3, -0.25) is 4.79 Å². The number of rotatable bonds is 3. The molecule has 7 nitrogen and oxygen atoms in total. The van der Waals surface area contributed by atoms with Gasteiger partial charge in [0.2, 0.25) is 5.91 Å². The maximum atomic E-state index is 13.6. The molecule has 1 amide bonds. The summed E-state index contributed by atoms with van der Waals surface area (Å²) in [7, 11) is 0. The third kappa shape index (κ3) is 3.74. The highest BCUT2D eigenvalue weighted by molar-refractivity contribution is 6.30. The number of para-hydroxylation sites is 1. The topological polar surface area (TPSA) is 67.2 Å². The number of anilines is 2. The van der Waals surface area contributed by atoms with Gasteiger partial charge in [-0.2, -0.15) is 10.2 Å². The zero-order valence-corrected chi connectivity index (χ0v) is 20.7. The van der Waals surface area contributed by atoms with Crippen LogP contribution in [-0.4, -0.2) is 45.5 Å². The summed E-state index contributed by atoms with van der Waals surface area (Å²) in [5.41, 5.74) is 5.93. The number of amides is 1. The van der Waals surface area contributed by atoms with Crippen molar-refractivity contribution in [1.29, 1.82) is 0 Å². The average molecular weight is 487 g/mol. The highest BCUT2D eigenvalue weighted by Gasteiger charge is 2.34. The van der Waals surface area contributed by atoms with Crippen molar-refractivity contribution in [2.24, 2.45) is 5.92 Å². The quantitative estimate of drug-likeness (QED) is 0.412. The zero-order chi connectivity index (χ0) is 24.1. The van der Waals surface area contributed by atoms with Gasteiger partial charge >= 0.3 is 0 Å². The number of aromatic nitrogens is 4. The van der Waals surface area contributed by atoms with Crippen molar-refractivity contribution in [3.8, 4) is 5.69 Å². The van der Waals surface area contributed by atoms with Gasteiger partial charge in [0.15, 0.2) is 5.82 Å². The summed E-state index contributed by atoms with van der Waals surface area (Å²) in [6.45, 7) is 6.23. The number of hydrogen-bond acceptors (Lipinski definition) is 5. The molecular weight excluding hydrogens is 460 g/mol. The highest BCUT2D eigenvalue weighted by atomic mass is 35.5. The fourth-order valence-corrected chi connectivity index (χ4v) is 5.64. The predicted octanol–water partition coefficient (Wildman–Crippen LogP) is 4.89. The number of hydrogen-bond donors (Lipinski definition) is 0. The van der Waals surface area contributed by atoms with Crippen LogP contribution >= 0.6 is 11.6 Å². The predicted molar refractivity (Wildman–Crippen MR) is 139 cm³/mol. The van der Waals surface area contributed by atoms with E-state index in [0.29, 0.717) is 11.6 Å². The normalized spacial score (nSPS) is 17.7. The second kappa shape index (κ2) is 8.64. The van der Waals surface area contributed by atoms with E-state index in [1.165, 1.54) is 5.56 Å². The molecule has 4 heterocycles. The molecule has 1 fully saturated rings. The molecule has 1 saturated heterocycles. The number of carbonyl (C=O) groups excluding carboxylic acids is 1. The monoisotopic (exact) mass is 486 g/mol. The first-order valence-electron chi connectivity index (χ1n) is 12.1. The van der Waals surface area contributed by atoms with Gasteiger partial charge < -0.3 is 9.80 Å². The lowest BCUT2D eigenvalue weighted by atomic mass is 9.96. The maximum Gasteiger partial charge on any atom is 0.231 e. The second-order valence-corrected chi connectivity index (χ2v) is 9.90. The molecule has 0 unspecified atom stereocenters. The largest absolute Gasteiger partial charge is 0.352 e. The third-order valence-corrected chi connectivity index (χ3v) is 7.53. The van der Waals surface area contributed by atoms with Crippen molar-refractivity contribution in [2.75, 3.05) is 29.4 Å². The van der Waals surface area contributed by atoms with Gasteiger partial charge in [-0.05, 0) is 69.0 Å². The lowest BCUT2D eigenvalue weighted by Crippen LogP contribution is -2.45. The first kappa shape index (κ1) is 22.0. The van der Waals surface area contributed by atoms with E-state index in [4.69, 9.17) is 16.7 Å². The molecule has 0 N–H and O–H groups in total. The smallest absolute Gasteiger partial charge is 0.231 e. The molecular formula is C27H27ClN6O. The Bertz CT molecular complexity index is 1430. The number of halogens is 1. The van der Waals surface area contributed by atoms with Crippen LogP contribution in [0.15, 0.2) is 48.5 Å². The summed E-state index contributed by atoms with van der Waals surface area (Å²) < 4.78 is 1.93. The Balaban J connectivity index is 1.33. The Kier molecular flexibility index (Phi) is 5.44. The molecule has 0 aliphatic carbocycles. The van der Waals surface area contributed by atoms with Crippen LogP contribution < -0.4 is 9.80 Å². The first-order chi connectivity index (χ1) is 17.0. The van der Waals surface area contributed by atoms with Gasteiger partial charge in [-0.15, -0.1) is 5.10 Å². The number of carbonyl (C=O) groups is 1. The Morgan fingerprint density at radius 1 is 1.03 bits per heavy atom. The third-order valence-electron chi connectivity index (χ3n) is 7.28. The van der Waals surface area contributed by atoms with Gasteiger partial charge in [0.25, 0.3) is 0 Å². The van der Waals surface area contributed by atoms with E-state index >= 15 is 0 Å². The van der Waals surface area contributed by atoms with Crippen molar-refractivity contribution in [1.82, 2.24) is 20.0 Å². The number of fused-ring (bicyclic) bond motifs is 2. The summed E-state index contributed by atoms with van der Waals surface area (Å²) in [6.07, 6.45) is 2.73. The van der Waals surface area contributed by atoms with Crippen LogP contribution in [0.4, 0.5) is 11.5 Å². The van der Waals surface area contributed by atoms with Crippen LogP contribution in [0, 0.1) is 19.8 Å². The summed E-state index contributed by atoms with van der Waals surface area (Å²) >= 11 is 6.10. The minimum absolute atomic E-state index is 0.0764. The summed E-state index contributed by atoms with van der Waals surface area (Å²) in [5, 5.41) is 15.7. The summed E-state index contributed by atoms with van der Waals surface area (Å²) in [5.74, 6) is 0.882. The highest BCUT2D eigenvalue weighted by Crippen LogP contribution is 2.34. The molecule has 4 aromatic rings. The van der Waals surface area contributed by atoms with E-state index in [0.717, 1.165) is 71.8 Å². The minimum Gasteiger partial charge on any atom is -0.352 e. The summed E-state index contributed by atoms with van der Waals surface area (Å²) in [6, 6.07) is 15.9. The number of benzene rings is 2. The lowest BCUT2D eigenvalue weighted by Gasteiger charge is -2.34. The van der Waals surface area contributed by atoms with Crippen LogP contribution in [0.25, 0.3) is 16.6 Å². The molecule has 2 aliphatic rings. The molecule has 0 saturated carbocycles. The van der Waals surface area contributed by atoms with Crippen LogP contribution in [0.1, 0.15) is 29.8 Å². The van der Waals surface area contributed by atoms with Gasteiger partial charge in [0, 0.05) is 30.3 Å². The first-order valence-corrected chi connectivity index (χ1v) is 12.5. The molecule has 2 aromatic heterocycles. The standard InChI is InChI=1S/C27H27ClN6O/c1-17-24-18(2)34(22-11-9-21(28)10-12-22)31-25(24)26(30-29-17)32-14-5-7-20(16-32)27(35)33-15-13-19-6-3-4-8-23(19)33/h3-4,6,8-12,20H,5,7,13-16H2,1-2H3/t20-/m1/s1. The average Bonchev–Trinajstić information content (AvgIpc) is 3.46. The van der Waals surface area contributed by atoms with E-state index in [-0.39, 0.29) is 11.8 Å². The van der Waals surface area contributed by atoms with Crippen LogP contribution in [-0.2, 0) is 11.2 Å². The van der Waals surface area contributed by atoms with Crippen molar-refractivity contribution in [3.63, 3.8) is 0 Å². The molecule has 178 valence electrons. The molecule has 8 heteroatoms. The van der Waals surface area contributed by atoms with Crippen molar-refractivity contribution in [2.45, 2.75) is 33.1 Å². The fourth-order valence-electron chi connectivity index (χ4n) is 5.52. The lowest BCUT2D eigenvalue weighted by molar-refractivity contribution is -0.122. The van der Waals surface area contributed by atoms with Crippen LogP contribution in [0.5, 0.6) is 0 Å². The van der Waals surface area contributed by atoms with Gasteiger partial charge in [0.05, 0.1) is 28.4 Å². The molecule has 0 spiro atoms. The number of nitrogens with zero attached hydrogens (tertiary/aromatic N) is 6. The molecule has 2 aromatic carbocycles. The van der Waals surface area contributed by atoms with Gasteiger partial charge in [0.1, 0.15) is 5.52 Å². The Morgan fingerprint density at radius 3 is 2.66 bits per heavy atom. The number of piperidine rings is 1. The Labute approximate surface area is 209 Å². The second-order valence-electron chi connectivity index (χ2n) is 9.46. The fraction of sp³-hybridized carbons (Fsp3) is 0.333. The van der Waals surface area contributed by atoms with E-state index in [2.05, 4.69) is 34.2 Å². The molecule has 2 aliphatic heterocycles. The molecule has 35 heavy (non-hydrogen) atoms. The molecule has 0 bridgehead atoms. The molecule has 0 radical (unpaired) electrons. The van der Waals surface area contributed by atoms with Crippen LogP contribution in [0.3, 0.4) is 0 Å². The van der Waals surface area contributed by atoms with E-state index in [1.807, 2.05) is 52.9 Å². The zero-order valence-electron chi connectivity index (χ0n) is 19.9. The Morgan fingerprint density at radius 2 is 1.83 bits per heavy atom. The van der Waals surface area contributed by atoms with Crippen molar-refractivity contribution < 1.29 is 4.79 Å². The van der Waals surface area contributed by atoms with E-state index in [9.17, 15) is 4.79 Å². The SMILES string of the molecule is Cc1nnc(N2CCC[C@@H](C(=O)N3CCc4ccccc43)C2)c2nn(-c3ccc(Cl)cc3)c(C)c12. The van der Waals surface area contributed by atoms with Crippen LogP contribution in [0.2, 0.25) is 5.02 Å². The minimum atomic E-state index is -0.0764. The van der Waals surface area contributed by atoms with E-state index < -0.39 is 0 Å². The maximum absolute atomic E-state index is 13.6. The van der Waals surface area contributed by atoms with E-state index in [1.54, 1.807) is 0 Å². The summed E-state index contributed by atoms with van der Waals surface area (Å²) in [4.78, 5) is 17.7. The molecule has 6 rings (SSSR count).